The molecule has 2 aliphatic carbocycles. The van der Waals surface area contributed by atoms with E-state index in [2.05, 4.69) is 18.1 Å². The normalized spacial score (nSPS) is 44.8. The van der Waals surface area contributed by atoms with Crippen molar-refractivity contribution in [1.82, 2.24) is 0 Å². The molecule has 0 aliphatic heterocycles. The van der Waals surface area contributed by atoms with Gasteiger partial charge in [-0.05, 0) is 37.5 Å². The van der Waals surface area contributed by atoms with Crippen LogP contribution >= 0.6 is 0 Å². The summed E-state index contributed by atoms with van der Waals surface area (Å²) in [6.07, 6.45) is 5.41. The predicted octanol–water partition coefficient (Wildman–Crippen LogP) is 1.85. The quantitative estimate of drug-likeness (QED) is 0.548. The van der Waals surface area contributed by atoms with Crippen molar-refractivity contribution in [2.45, 2.75) is 39.0 Å². The fraction of sp³-hybridized carbons (Fsp3) is 0.800. The van der Waals surface area contributed by atoms with Gasteiger partial charge in [-0.2, -0.15) is 0 Å². The summed E-state index contributed by atoms with van der Waals surface area (Å²) in [5.41, 5.74) is 0.282. The van der Waals surface area contributed by atoms with Crippen LogP contribution in [0.2, 0.25) is 0 Å². The first kappa shape index (κ1) is 7.96. The maximum Gasteiger partial charge on any atom is 0.585 e. The largest absolute Gasteiger partial charge is 0.585 e. The highest BCUT2D eigenvalue weighted by atomic mass is 16.4. The smallest absolute Gasteiger partial charge is 0.288 e. The van der Waals surface area contributed by atoms with Crippen molar-refractivity contribution in [3.8, 4) is 0 Å². The number of hydrogen-bond acceptors (Lipinski definition) is 1. The fourth-order valence-corrected chi connectivity index (χ4v) is 2.93. The molecule has 2 bridgehead atoms. The molecular weight excluding hydrogens is 152 g/mol. The number of fused-ring (bicyclic) bond motifs is 2. The van der Waals surface area contributed by atoms with E-state index >= 15 is 0 Å². The van der Waals surface area contributed by atoms with Crippen molar-refractivity contribution in [3.05, 3.63) is 0 Å². The van der Waals surface area contributed by atoms with Gasteiger partial charge < -0.3 is 0 Å². The summed E-state index contributed by atoms with van der Waals surface area (Å²) >= 11 is 0. The standard InChI is InChI=1S/C10H15O2/c1-9-3-5-10(7-9,6-4-9)8(11)12-2/h2-7H2,1H3/q+1. The molecule has 2 heteroatoms. The first-order valence-electron chi connectivity index (χ1n) is 4.57. The van der Waals surface area contributed by atoms with E-state index in [1.165, 1.54) is 12.8 Å². The molecule has 0 heterocycles. The third-order valence-electron chi connectivity index (χ3n) is 3.74. The van der Waals surface area contributed by atoms with Gasteiger partial charge in [0.05, 0.1) is 0 Å². The molecule has 2 fully saturated rings. The molecule has 0 spiro atoms. The lowest BCUT2D eigenvalue weighted by atomic mass is 9.83. The van der Waals surface area contributed by atoms with Crippen molar-refractivity contribution in [1.29, 1.82) is 0 Å². The third kappa shape index (κ3) is 0.869. The number of carbonyl (C=O) groups is 1. The highest BCUT2D eigenvalue weighted by Gasteiger charge is 2.61. The molecule has 0 saturated heterocycles. The van der Waals surface area contributed by atoms with Gasteiger partial charge in [-0.1, -0.05) is 6.92 Å². The summed E-state index contributed by atoms with van der Waals surface area (Å²) in [7, 11) is 0. The molecule has 2 saturated carbocycles. The van der Waals surface area contributed by atoms with E-state index in [0.29, 0.717) is 5.41 Å². The Kier molecular flexibility index (Phi) is 1.45. The molecule has 0 aromatic carbocycles. The molecule has 0 N–H and O–H groups in total. The second kappa shape index (κ2) is 2.18. The van der Waals surface area contributed by atoms with Crippen LogP contribution in [-0.2, 0) is 9.22 Å². The van der Waals surface area contributed by atoms with Gasteiger partial charge in [-0.25, -0.2) is 0 Å². The minimum atomic E-state index is -0.142. The summed E-state index contributed by atoms with van der Waals surface area (Å²) in [6.45, 7) is 5.49. The van der Waals surface area contributed by atoms with Crippen molar-refractivity contribution in [3.63, 3.8) is 0 Å². The molecule has 2 aliphatic rings. The summed E-state index contributed by atoms with van der Waals surface area (Å²) in [4.78, 5) is 11.5. The zero-order valence-corrected chi connectivity index (χ0v) is 7.56. The first-order valence-corrected chi connectivity index (χ1v) is 4.57. The summed E-state index contributed by atoms with van der Waals surface area (Å²) in [5.74, 6) is -0.0799. The lowest BCUT2D eigenvalue weighted by molar-refractivity contribution is -0.380. The van der Waals surface area contributed by atoms with Gasteiger partial charge in [0.25, 0.3) is 0 Å². The van der Waals surface area contributed by atoms with E-state index in [4.69, 9.17) is 0 Å². The Morgan fingerprint density at radius 3 is 2.25 bits per heavy atom. The second-order valence-corrected chi connectivity index (χ2v) is 4.70. The Hall–Kier alpha value is -0.660. The maximum atomic E-state index is 11.5. The SMILES string of the molecule is C=[O+]C(=O)C12CCC(C)(CC1)C2. The van der Waals surface area contributed by atoms with Crippen LogP contribution in [0.4, 0.5) is 0 Å². The molecule has 0 unspecified atom stereocenters. The van der Waals surface area contributed by atoms with Gasteiger partial charge in [0.1, 0.15) is 5.41 Å². The Morgan fingerprint density at radius 2 is 1.92 bits per heavy atom. The van der Waals surface area contributed by atoms with E-state index in [1.54, 1.807) is 0 Å². The van der Waals surface area contributed by atoms with Gasteiger partial charge in [-0.15, -0.1) is 0 Å². The fourth-order valence-electron chi connectivity index (χ4n) is 2.93. The minimum absolute atomic E-state index is 0.0799. The Balaban J connectivity index is 2.26. The molecular formula is C10H15O2+. The Bertz CT molecular complexity index is 234. The molecule has 12 heavy (non-hydrogen) atoms. The van der Waals surface area contributed by atoms with Crippen LogP contribution in [0.5, 0.6) is 0 Å². The van der Waals surface area contributed by atoms with Crippen molar-refractivity contribution in [2.24, 2.45) is 10.8 Å². The molecule has 2 nitrogen and oxygen atoms in total. The molecule has 0 radical (unpaired) electrons. The monoisotopic (exact) mass is 167 g/mol. The number of hydrogen-bond donors (Lipinski definition) is 0. The van der Waals surface area contributed by atoms with Gasteiger partial charge >= 0.3 is 5.97 Å². The lowest BCUT2D eigenvalue weighted by Gasteiger charge is -2.19. The average Bonchev–Trinajstić information content (AvgIpc) is 2.57. The average molecular weight is 167 g/mol. The first-order chi connectivity index (χ1) is 5.60. The highest BCUT2D eigenvalue weighted by Crippen LogP contribution is 2.61. The zero-order valence-electron chi connectivity index (χ0n) is 7.56. The highest BCUT2D eigenvalue weighted by molar-refractivity contribution is 5.75. The molecule has 0 aromatic rings. The van der Waals surface area contributed by atoms with Gasteiger partial charge in [-0.3, -0.25) is 4.42 Å². The second-order valence-electron chi connectivity index (χ2n) is 4.70. The lowest BCUT2D eigenvalue weighted by Crippen LogP contribution is -2.26. The molecule has 2 rings (SSSR count). The van der Waals surface area contributed by atoms with Crippen LogP contribution in [-0.4, -0.2) is 12.8 Å². The minimum Gasteiger partial charge on any atom is -0.288 e. The van der Waals surface area contributed by atoms with Gasteiger partial charge in [0, 0.05) is 4.79 Å². The van der Waals surface area contributed by atoms with E-state index in [0.717, 1.165) is 19.3 Å². The van der Waals surface area contributed by atoms with Crippen LogP contribution < -0.4 is 0 Å². The van der Waals surface area contributed by atoms with Crippen LogP contribution in [0.25, 0.3) is 0 Å². The van der Waals surface area contributed by atoms with Crippen LogP contribution in [0.3, 0.4) is 0 Å². The van der Waals surface area contributed by atoms with E-state index < -0.39 is 0 Å². The summed E-state index contributed by atoms with van der Waals surface area (Å²) in [5, 5.41) is 0. The maximum absolute atomic E-state index is 11.5. The van der Waals surface area contributed by atoms with Gasteiger partial charge in [0.15, 0.2) is 6.79 Å². The molecule has 0 aromatic heterocycles. The Labute approximate surface area is 72.7 Å². The molecule has 0 atom stereocenters. The van der Waals surface area contributed by atoms with E-state index in [9.17, 15) is 4.79 Å². The molecule has 0 amide bonds. The van der Waals surface area contributed by atoms with E-state index in [-0.39, 0.29) is 11.4 Å². The van der Waals surface area contributed by atoms with E-state index in [1.807, 2.05) is 0 Å². The van der Waals surface area contributed by atoms with Crippen LogP contribution in [0.1, 0.15) is 39.0 Å². The number of carbonyl (C=O) groups excluding carboxylic acids is 2. The zero-order chi connectivity index (χ0) is 8.82. The molecule has 66 valence electrons. The van der Waals surface area contributed by atoms with Crippen molar-refractivity contribution < 1.29 is 9.22 Å². The van der Waals surface area contributed by atoms with Crippen molar-refractivity contribution >= 4 is 12.8 Å². The van der Waals surface area contributed by atoms with Crippen LogP contribution in [0.15, 0.2) is 0 Å². The van der Waals surface area contributed by atoms with Gasteiger partial charge in [0.2, 0.25) is 0 Å². The Morgan fingerprint density at radius 1 is 1.33 bits per heavy atom. The van der Waals surface area contributed by atoms with Crippen molar-refractivity contribution in [2.75, 3.05) is 0 Å². The van der Waals surface area contributed by atoms with Crippen LogP contribution in [0, 0.1) is 10.8 Å². The predicted molar refractivity (Wildman–Crippen MR) is 45.8 cm³/mol. The third-order valence-corrected chi connectivity index (χ3v) is 3.74. The summed E-state index contributed by atoms with van der Waals surface area (Å²) in [6, 6.07) is 0. The summed E-state index contributed by atoms with van der Waals surface area (Å²) < 4.78 is 4.61. The number of rotatable bonds is 1. The topological polar surface area (TPSA) is 28.4 Å².